The number of aromatic nitrogens is 1. The summed E-state index contributed by atoms with van der Waals surface area (Å²) >= 11 is 0. The van der Waals surface area contributed by atoms with Gasteiger partial charge < -0.3 is 5.41 Å². The van der Waals surface area contributed by atoms with Crippen molar-refractivity contribution in [2.24, 2.45) is 4.99 Å². The van der Waals surface area contributed by atoms with E-state index >= 15 is 0 Å². The minimum atomic E-state index is 0.426. The summed E-state index contributed by atoms with van der Waals surface area (Å²) in [7, 11) is 0. The van der Waals surface area contributed by atoms with E-state index in [-0.39, 0.29) is 0 Å². The molecule has 62 valence electrons. The van der Waals surface area contributed by atoms with Crippen molar-refractivity contribution >= 4 is 12.4 Å². The number of hydrogen-bond donors (Lipinski definition) is 1. The quantitative estimate of drug-likeness (QED) is 0.670. The van der Waals surface area contributed by atoms with Crippen LogP contribution in [0.4, 0.5) is 0 Å². The number of pyridine rings is 1. The van der Waals surface area contributed by atoms with Crippen molar-refractivity contribution in [1.82, 2.24) is 4.98 Å². The van der Waals surface area contributed by atoms with Gasteiger partial charge in [0.15, 0.2) is 0 Å². The van der Waals surface area contributed by atoms with Crippen LogP contribution < -0.4 is 0 Å². The molecule has 1 heterocycles. The highest BCUT2D eigenvalue weighted by atomic mass is 14.7. The fraction of sp³-hybridized carbons (Fsp3) is 0.222. The largest absolute Gasteiger partial charge is 0.311 e. The van der Waals surface area contributed by atoms with E-state index in [2.05, 4.69) is 9.98 Å². The van der Waals surface area contributed by atoms with Crippen molar-refractivity contribution in [3.05, 3.63) is 29.6 Å². The van der Waals surface area contributed by atoms with Crippen LogP contribution in [0.25, 0.3) is 0 Å². The number of nitrogens with one attached hydrogen (secondary N) is 1. The summed E-state index contributed by atoms with van der Waals surface area (Å²) in [6.07, 6.45) is 4.69. The maximum absolute atomic E-state index is 6.75. The molecule has 0 unspecified atom stereocenters. The first-order valence-corrected chi connectivity index (χ1v) is 3.74. The Hall–Kier alpha value is -1.51. The molecule has 1 aromatic heterocycles. The normalized spacial score (nSPS) is 10.4. The number of aryl methyl sites for hydroxylation is 1. The van der Waals surface area contributed by atoms with Crippen LogP contribution >= 0.6 is 0 Å². The number of nitrogens with zero attached hydrogens (tertiary/aromatic N) is 2. The molecular formula is C9H11N3. The van der Waals surface area contributed by atoms with E-state index in [1.807, 2.05) is 19.1 Å². The van der Waals surface area contributed by atoms with Gasteiger partial charge in [0.1, 0.15) is 0 Å². The molecule has 0 saturated carbocycles. The molecule has 1 N–H and O–H groups in total. The fourth-order valence-electron chi connectivity index (χ4n) is 0.829. The molecule has 0 aliphatic rings. The lowest BCUT2D eigenvalue weighted by Gasteiger charge is -1.92. The zero-order valence-corrected chi connectivity index (χ0v) is 6.99. The van der Waals surface area contributed by atoms with Crippen molar-refractivity contribution in [1.29, 1.82) is 5.41 Å². The predicted molar refractivity (Wildman–Crippen MR) is 50.2 cm³/mol. The van der Waals surface area contributed by atoms with Crippen LogP contribution in [0.3, 0.4) is 0 Å². The van der Waals surface area contributed by atoms with E-state index in [1.54, 1.807) is 12.4 Å². The lowest BCUT2D eigenvalue weighted by molar-refractivity contribution is 1.24. The molecule has 0 aliphatic heterocycles. The molecule has 1 rings (SSSR count). The highest BCUT2D eigenvalue weighted by Gasteiger charge is 1.87. The van der Waals surface area contributed by atoms with Crippen molar-refractivity contribution < 1.29 is 0 Å². The Kier molecular flexibility index (Phi) is 3.14. The molecule has 1 aromatic rings. The smallest absolute Gasteiger partial charge is 0.0810 e. The molecular weight excluding hydrogens is 150 g/mol. The molecule has 0 fully saturated rings. The molecule has 0 saturated heterocycles. The van der Waals surface area contributed by atoms with Gasteiger partial charge in [0, 0.05) is 18.6 Å². The topological polar surface area (TPSA) is 49.1 Å². The summed E-state index contributed by atoms with van der Waals surface area (Å²) in [5, 5.41) is 6.75. The Morgan fingerprint density at radius 3 is 3.17 bits per heavy atom. The number of aliphatic imine (C=N–C) groups is 1. The Bertz CT molecular complexity index is 292. The van der Waals surface area contributed by atoms with Gasteiger partial charge in [-0.15, -0.1) is 0 Å². The third kappa shape index (κ3) is 2.62. The first kappa shape index (κ1) is 8.59. The Balaban J connectivity index is 2.69. The van der Waals surface area contributed by atoms with E-state index in [0.29, 0.717) is 6.54 Å². The monoisotopic (exact) mass is 161 g/mol. The SMILES string of the molecule is Cc1ccnc(C=NCC=N)c1. The molecule has 0 aromatic carbocycles. The van der Waals surface area contributed by atoms with Gasteiger partial charge >= 0.3 is 0 Å². The van der Waals surface area contributed by atoms with Gasteiger partial charge in [-0.3, -0.25) is 9.98 Å². The zero-order chi connectivity index (χ0) is 8.81. The summed E-state index contributed by atoms with van der Waals surface area (Å²) in [6, 6.07) is 3.89. The molecule has 3 heteroatoms. The molecule has 0 amide bonds. The zero-order valence-electron chi connectivity index (χ0n) is 6.99. The van der Waals surface area contributed by atoms with E-state index in [4.69, 9.17) is 5.41 Å². The average Bonchev–Trinajstić information content (AvgIpc) is 2.05. The van der Waals surface area contributed by atoms with Crippen molar-refractivity contribution in [2.75, 3.05) is 6.54 Å². The van der Waals surface area contributed by atoms with Crippen LogP contribution in [0, 0.1) is 12.3 Å². The van der Waals surface area contributed by atoms with Gasteiger partial charge in [-0.05, 0) is 24.6 Å². The van der Waals surface area contributed by atoms with Crippen LogP contribution in [-0.2, 0) is 0 Å². The van der Waals surface area contributed by atoms with Gasteiger partial charge in [-0.25, -0.2) is 0 Å². The third-order valence-corrected chi connectivity index (χ3v) is 1.36. The lowest BCUT2D eigenvalue weighted by atomic mass is 10.2. The van der Waals surface area contributed by atoms with Gasteiger partial charge in [-0.2, -0.15) is 0 Å². The molecule has 3 nitrogen and oxygen atoms in total. The van der Waals surface area contributed by atoms with Crippen molar-refractivity contribution in [3.63, 3.8) is 0 Å². The summed E-state index contributed by atoms with van der Waals surface area (Å²) < 4.78 is 0. The van der Waals surface area contributed by atoms with E-state index in [1.165, 1.54) is 11.8 Å². The van der Waals surface area contributed by atoms with E-state index in [0.717, 1.165) is 5.69 Å². The van der Waals surface area contributed by atoms with Gasteiger partial charge in [0.2, 0.25) is 0 Å². The third-order valence-electron chi connectivity index (χ3n) is 1.36. The van der Waals surface area contributed by atoms with E-state index in [9.17, 15) is 0 Å². The van der Waals surface area contributed by atoms with Gasteiger partial charge in [0.25, 0.3) is 0 Å². The summed E-state index contributed by atoms with van der Waals surface area (Å²) in [6.45, 7) is 2.44. The van der Waals surface area contributed by atoms with E-state index < -0.39 is 0 Å². The highest BCUT2D eigenvalue weighted by Crippen LogP contribution is 1.96. The minimum absolute atomic E-state index is 0.426. The molecule has 0 radical (unpaired) electrons. The molecule has 0 atom stereocenters. The summed E-state index contributed by atoms with van der Waals surface area (Å²) in [5.74, 6) is 0. The first-order valence-electron chi connectivity index (χ1n) is 3.74. The lowest BCUT2D eigenvalue weighted by Crippen LogP contribution is -1.89. The second-order valence-electron chi connectivity index (χ2n) is 2.46. The standard InChI is InChI=1S/C9H11N3/c1-8-2-4-12-9(6-8)7-11-5-3-10/h2-4,6-7,10H,5H2,1H3. The minimum Gasteiger partial charge on any atom is -0.311 e. The summed E-state index contributed by atoms with van der Waals surface area (Å²) in [5.41, 5.74) is 2.01. The summed E-state index contributed by atoms with van der Waals surface area (Å²) in [4.78, 5) is 8.06. The second-order valence-corrected chi connectivity index (χ2v) is 2.46. The van der Waals surface area contributed by atoms with Crippen LogP contribution in [0.15, 0.2) is 23.3 Å². The first-order chi connectivity index (χ1) is 5.83. The fourth-order valence-corrected chi connectivity index (χ4v) is 0.829. The predicted octanol–water partition coefficient (Wildman–Crippen LogP) is 1.46. The second kappa shape index (κ2) is 4.38. The Labute approximate surface area is 71.7 Å². The average molecular weight is 161 g/mol. The highest BCUT2D eigenvalue weighted by molar-refractivity contribution is 5.78. The maximum Gasteiger partial charge on any atom is 0.0810 e. The molecule has 0 aliphatic carbocycles. The number of hydrogen-bond acceptors (Lipinski definition) is 3. The van der Waals surface area contributed by atoms with Crippen LogP contribution in [0.2, 0.25) is 0 Å². The molecule has 0 bridgehead atoms. The van der Waals surface area contributed by atoms with Crippen molar-refractivity contribution in [3.8, 4) is 0 Å². The molecule has 0 spiro atoms. The Morgan fingerprint density at radius 2 is 2.50 bits per heavy atom. The number of rotatable bonds is 3. The Morgan fingerprint density at radius 1 is 1.67 bits per heavy atom. The van der Waals surface area contributed by atoms with Gasteiger partial charge in [0.05, 0.1) is 12.2 Å². The van der Waals surface area contributed by atoms with Crippen molar-refractivity contribution in [2.45, 2.75) is 6.92 Å². The molecule has 12 heavy (non-hydrogen) atoms. The van der Waals surface area contributed by atoms with Crippen LogP contribution in [0.5, 0.6) is 0 Å². The maximum atomic E-state index is 6.75. The van der Waals surface area contributed by atoms with Gasteiger partial charge in [-0.1, -0.05) is 0 Å². The van der Waals surface area contributed by atoms with Crippen LogP contribution in [0.1, 0.15) is 11.3 Å². The van der Waals surface area contributed by atoms with Crippen LogP contribution in [-0.4, -0.2) is 24.0 Å².